The number of likely N-dealkylation sites (N-methyl/N-ethyl adjacent to an activating group) is 1. The summed E-state index contributed by atoms with van der Waals surface area (Å²) < 4.78 is 13.5. The van der Waals surface area contributed by atoms with Gasteiger partial charge in [-0.3, -0.25) is 9.59 Å². The predicted octanol–water partition coefficient (Wildman–Crippen LogP) is 1.38. The van der Waals surface area contributed by atoms with E-state index in [1.54, 1.807) is 21.0 Å². The number of halogens is 2. The quantitative estimate of drug-likeness (QED) is 0.821. The number of carbonyl (C=O) groups excluding carboxylic acids is 2. The summed E-state index contributed by atoms with van der Waals surface area (Å²) in [7, 11) is 3.19. The van der Waals surface area contributed by atoms with Crippen molar-refractivity contribution in [1.29, 1.82) is 0 Å². The normalized spacial score (nSPS) is 11.8. The van der Waals surface area contributed by atoms with E-state index in [4.69, 9.17) is 5.73 Å². The largest absolute Gasteiger partial charge is 0.396 e. The smallest absolute Gasteiger partial charge is 0.253 e. The van der Waals surface area contributed by atoms with Crippen molar-refractivity contribution in [3.8, 4) is 0 Å². The van der Waals surface area contributed by atoms with Crippen molar-refractivity contribution < 1.29 is 14.0 Å². The zero-order chi connectivity index (χ0) is 14.7. The number of rotatable bonds is 3. The Morgan fingerprint density at radius 1 is 1.42 bits per heavy atom. The molecule has 0 aliphatic heterocycles. The number of carbonyl (C=O) groups is 2. The molecule has 0 heterocycles. The van der Waals surface area contributed by atoms with Crippen LogP contribution in [0.15, 0.2) is 16.6 Å². The van der Waals surface area contributed by atoms with E-state index < -0.39 is 17.8 Å². The summed E-state index contributed by atoms with van der Waals surface area (Å²) in [6, 6.07) is 1.66. The van der Waals surface area contributed by atoms with Gasteiger partial charge < -0.3 is 16.0 Å². The second kappa shape index (κ2) is 6.01. The molecule has 0 spiro atoms. The summed E-state index contributed by atoms with van der Waals surface area (Å²) in [5, 5.41) is 2.53. The first-order valence-corrected chi connectivity index (χ1v) is 6.30. The first-order valence-electron chi connectivity index (χ1n) is 5.50. The minimum Gasteiger partial charge on any atom is -0.396 e. The van der Waals surface area contributed by atoms with Crippen LogP contribution in [0.2, 0.25) is 0 Å². The van der Waals surface area contributed by atoms with Gasteiger partial charge in [0.2, 0.25) is 5.91 Å². The standard InChI is InChI=1S/C12H15BrFN3O2/c1-6(12(19)17(2)3)16-11(18)7-4-10(15)9(14)5-8(7)13/h4-6H,15H2,1-3H3,(H,16,18). The maximum atomic E-state index is 13.2. The minimum absolute atomic E-state index is 0.125. The van der Waals surface area contributed by atoms with Gasteiger partial charge in [0.05, 0.1) is 11.3 Å². The van der Waals surface area contributed by atoms with Crippen molar-refractivity contribution in [3.05, 3.63) is 28.0 Å². The van der Waals surface area contributed by atoms with Crippen LogP contribution in [0.25, 0.3) is 0 Å². The molecule has 5 nitrogen and oxygen atoms in total. The maximum Gasteiger partial charge on any atom is 0.253 e. The fraction of sp³-hybridized carbons (Fsp3) is 0.333. The fourth-order valence-corrected chi connectivity index (χ4v) is 1.96. The molecule has 0 radical (unpaired) electrons. The number of anilines is 1. The van der Waals surface area contributed by atoms with E-state index in [1.165, 1.54) is 11.0 Å². The highest BCUT2D eigenvalue weighted by Crippen LogP contribution is 2.22. The van der Waals surface area contributed by atoms with Crippen LogP contribution in [-0.2, 0) is 4.79 Å². The Morgan fingerprint density at radius 2 is 2.00 bits per heavy atom. The third kappa shape index (κ3) is 3.66. The molecule has 1 aromatic rings. The predicted molar refractivity (Wildman–Crippen MR) is 74.1 cm³/mol. The molecular formula is C12H15BrFN3O2. The Kier molecular flexibility index (Phi) is 4.88. The third-order valence-corrected chi connectivity index (χ3v) is 3.15. The molecular weight excluding hydrogens is 317 g/mol. The number of nitrogens with zero attached hydrogens (tertiary/aromatic N) is 1. The lowest BCUT2D eigenvalue weighted by molar-refractivity contribution is -0.130. The van der Waals surface area contributed by atoms with Gasteiger partial charge in [0.1, 0.15) is 11.9 Å². The SMILES string of the molecule is CC(NC(=O)c1cc(N)c(F)cc1Br)C(=O)N(C)C. The summed E-state index contributed by atoms with van der Waals surface area (Å²) in [5.41, 5.74) is 5.47. The number of nitrogen functional groups attached to an aromatic ring is 1. The molecule has 3 N–H and O–H groups in total. The summed E-state index contributed by atoms with van der Waals surface area (Å²) in [4.78, 5) is 25.0. The average molecular weight is 332 g/mol. The Morgan fingerprint density at radius 3 is 2.53 bits per heavy atom. The van der Waals surface area contributed by atoms with Crippen LogP contribution in [-0.4, -0.2) is 36.9 Å². The topological polar surface area (TPSA) is 75.4 Å². The minimum atomic E-state index is -0.680. The van der Waals surface area contributed by atoms with Crippen LogP contribution in [0.4, 0.5) is 10.1 Å². The van der Waals surface area contributed by atoms with Crippen LogP contribution in [0.1, 0.15) is 17.3 Å². The molecule has 0 saturated heterocycles. The van der Waals surface area contributed by atoms with Crippen molar-refractivity contribution in [3.63, 3.8) is 0 Å². The van der Waals surface area contributed by atoms with Crippen molar-refractivity contribution in [2.45, 2.75) is 13.0 Å². The van der Waals surface area contributed by atoms with Crippen molar-refractivity contribution in [2.24, 2.45) is 0 Å². The number of nitrogens with two attached hydrogens (primary N) is 1. The van der Waals surface area contributed by atoms with E-state index in [0.29, 0.717) is 0 Å². The molecule has 0 aliphatic carbocycles. The van der Waals surface area contributed by atoms with Crippen LogP contribution >= 0.6 is 15.9 Å². The van der Waals surface area contributed by atoms with Crippen LogP contribution in [0, 0.1) is 5.82 Å². The molecule has 0 saturated carbocycles. The Hall–Kier alpha value is -1.63. The van der Waals surface area contributed by atoms with Gasteiger partial charge in [0.25, 0.3) is 5.91 Å². The number of nitrogens with one attached hydrogen (secondary N) is 1. The zero-order valence-electron chi connectivity index (χ0n) is 10.8. The van der Waals surface area contributed by atoms with Crippen LogP contribution < -0.4 is 11.1 Å². The molecule has 2 amide bonds. The molecule has 7 heteroatoms. The Labute approximate surface area is 119 Å². The molecule has 1 rings (SSSR count). The molecule has 0 aliphatic rings. The summed E-state index contributed by atoms with van der Waals surface area (Å²) in [6.45, 7) is 1.57. The second-order valence-electron chi connectivity index (χ2n) is 4.28. The number of hydrogen-bond donors (Lipinski definition) is 2. The van der Waals surface area contributed by atoms with E-state index in [2.05, 4.69) is 21.2 Å². The Bertz CT molecular complexity index is 520. The van der Waals surface area contributed by atoms with E-state index in [9.17, 15) is 14.0 Å². The monoisotopic (exact) mass is 331 g/mol. The van der Waals surface area contributed by atoms with Gasteiger partial charge in [0.15, 0.2) is 0 Å². The lowest BCUT2D eigenvalue weighted by atomic mass is 10.1. The molecule has 104 valence electrons. The zero-order valence-corrected chi connectivity index (χ0v) is 12.4. The van der Waals surface area contributed by atoms with Crippen molar-refractivity contribution >= 4 is 33.4 Å². The molecule has 0 fully saturated rings. The highest BCUT2D eigenvalue weighted by Gasteiger charge is 2.20. The lowest BCUT2D eigenvalue weighted by Crippen LogP contribution is -2.44. The Balaban J connectivity index is 2.90. The van der Waals surface area contributed by atoms with Gasteiger partial charge >= 0.3 is 0 Å². The molecule has 1 unspecified atom stereocenters. The summed E-state index contributed by atoms with van der Waals surface area (Å²) in [5.74, 6) is -1.35. The molecule has 0 aromatic heterocycles. The average Bonchev–Trinajstić information content (AvgIpc) is 2.32. The maximum absolute atomic E-state index is 13.2. The second-order valence-corrected chi connectivity index (χ2v) is 5.14. The van der Waals surface area contributed by atoms with Crippen molar-refractivity contribution in [1.82, 2.24) is 10.2 Å². The molecule has 1 aromatic carbocycles. The van der Waals surface area contributed by atoms with Crippen LogP contribution in [0.3, 0.4) is 0 Å². The van der Waals surface area contributed by atoms with E-state index in [1.807, 2.05) is 0 Å². The van der Waals surface area contributed by atoms with E-state index in [0.717, 1.165) is 6.07 Å². The third-order valence-electron chi connectivity index (χ3n) is 2.49. The highest BCUT2D eigenvalue weighted by molar-refractivity contribution is 9.10. The van der Waals surface area contributed by atoms with E-state index >= 15 is 0 Å². The molecule has 1 atom stereocenters. The number of benzene rings is 1. The summed E-state index contributed by atoms with van der Waals surface area (Å²) >= 11 is 3.09. The molecule has 0 bridgehead atoms. The van der Waals surface area contributed by atoms with E-state index in [-0.39, 0.29) is 21.6 Å². The van der Waals surface area contributed by atoms with Gasteiger partial charge in [-0.25, -0.2) is 4.39 Å². The highest BCUT2D eigenvalue weighted by atomic mass is 79.9. The van der Waals surface area contributed by atoms with Gasteiger partial charge in [-0.1, -0.05) is 0 Å². The van der Waals surface area contributed by atoms with Gasteiger partial charge in [-0.05, 0) is 35.0 Å². The van der Waals surface area contributed by atoms with Gasteiger partial charge in [-0.2, -0.15) is 0 Å². The number of amides is 2. The molecule has 19 heavy (non-hydrogen) atoms. The van der Waals surface area contributed by atoms with Crippen LogP contribution in [0.5, 0.6) is 0 Å². The lowest BCUT2D eigenvalue weighted by Gasteiger charge is -2.18. The first kappa shape index (κ1) is 15.4. The van der Waals surface area contributed by atoms with Gasteiger partial charge in [0, 0.05) is 18.6 Å². The fourth-order valence-electron chi connectivity index (χ4n) is 1.46. The van der Waals surface area contributed by atoms with Gasteiger partial charge in [-0.15, -0.1) is 0 Å². The summed E-state index contributed by atoms with van der Waals surface area (Å²) in [6.07, 6.45) is 0. The van der Waals surface area contributed by atoms with Crippen molar-refractivity contribution in [2.75, 3.05) is 19.8 Å². The first-order chi connectivity index (χ1) is 8.73. The number of hydrogen-bond acceptors (Lipinski definition) is 3.